The van der Waals surface area contributed by atoms with Crippen molar-refractivity contribution in [1.29, 1.82) is 0 Å². The molecule has 1 aliphatic rings. The second kappa shape index (κ2) is 5.09. The van der Waals surface area contributed by atoms with Gasteiger partial charge in [-0.2, -0.15) is 0 Å². The molecule has 1 atom stereocenters. The molecule has 2 nitrogen and oxygen atoms in total. The predicted molar refractivity (Wildman–Crippen MR) is 75.1 cm³/mol. The van der Waals surface area contributed by atoms with Crippen LogP contribution in [0.2, 0.25) is 0 Å². The zero-order valence-corrected chi connectivity index (χ0v) is 11.5. The van der Waals surface area contributed by atoms with E-state index in [2.05, 4.69) is 56.4 Å². The van der Waals surface area contributed by atoms with E-state index in [0.29, 0.717) is 11.8 Å². The monoisotopic (exact) mass is 232 g/mol. The van der Waals surface area contributed by atoms with Crippen LogP contribution in [0.5, 0.6) is 0 Å². The summed E-state index contributed by atoms with van der Waals surface area (Å²) in [4.78, 5) is 2.23. The van der Waals surface area contributed by atoms with Crippen molar-refractivity contribution in [2.24, 2.45) is 0 Å². The van der Waals surface area contributed by atoms with Crippen LogP contribution < -0.4 is 10.2 Å². The molecule has 0 radical (unpaired) electrons. The molecule has 2 heteroatoms. The maximum absolute atomic E-state index is 3.47. The highest BCUT2D eigenvalue weighted by Crippen LogP contribution is 2.33. The first-order chi connectivity index (χ1) is 8.09. The molecule has 1 aromatic rings. The first-order valence-corrected chi connectivity index (χ1v) is 6.61. The molecule has 1 fully saturated rings. The van der Waals surface area contributed by atoms with Crippen molar-refractivity contribution in [1.82, 2.24) is 5.32 Å². The molecule has 0 bridgehead atoms. The molecule has 17 heavy (non-hydrogen) atoms. The van der Waals surface area contributed by atoms with Gasteiger partial charge in [0.2, 0.25) is 0 Å². The lowest BCUT2D eigenvalue weighted by molar-refractivity contribution is 0.754. The molecule has 0 aliphatic carbocycles. The van der Waals surface area contributed by atoms with Crippen molar-refractivity contribution in [2.45, 2.75) is 32.1 Å². The minimum atomic E-state index is 0.610. The van der Waals surface area contributed by atoms with Crippen LogP contribution in [0.3, 0.4) is 0 Å². The summed E-state index contributed by atoms with van der Waals surface area (Å²) < 4.78 is 0. The summed E-state index contributed by atoms with van der Waals surface area (Å²) in [5.74, 6) is 1.30. The van der Waals surface area contributed by atoms with E-state index in [1.54, 1.807) is 0 Å². The average Bonchev–Trinajstić information content (AvgIpc) is 2.81. The zero-order valence-electron chi connectivity index (χ0n) is 11.5. The summed E-state index contributed by atoms with van der Waals surface area (Å²) >= 11 is 0. The van der Waals surface area contributed by atoms with Crippen molar-refractivity contribution in [3.05, 3.63) is 29.3 Å². The molecule has 1 aromatic carbocycles. The number of anilines is 1. The third-order valence-corrected chi connectivity index (χ3v) is 3.70. The number of nitrogens with one attached hydrogen (secondary N) is 1. The third-order valence-electron chi connectivity index (χ3n) is 3.70. The van der Waals surface area contributed by atoms with Crippen LogP contribution >= 0.6 is 0 Å². The Morgan fingerprint density at radius 2 is 2.06 bits per heavy atom. The van der Waals surface area contributed by atoms with Crippen LogP contribution in [0.4, 0.5) is 5.69 Å². The first kappa shape index (κ1) is 12.4. The Bertz CT molecular complexity index is 377. The molecule has 1 unspecified atom stereocenters. The van der Waals surface area contributed by atoms with Crippen LogP contribution in [-0.4, -0.2) is 27.2 Å². The van der Waals surface area contributed by atoms with Crippen LogP contribution in [0, 0.1) is 0 Å². The van der Waals surface area contributed by atoms with Crippen LogP contribution in [0.15, 0.2) is 18.2 Å². The van der Waals surface area contributed by atoms with E-state index in [1.165, 1.54) is 23.2 Å². The normalized spacial score (nSPS) is 19.9. The van der Waals surface area contributed by atoms with Crippen molar-refractivity contribution in [3.8, 4) is 0 Å². The fourth-order valence-corrected chi connectivity index (χ4v) is 2.59. The molecule has 2 rings (SSSR count). The minimum absolute atomic E-state index is 0.610. The second-order valence-corrected chi connectivity index (χ2v) is 5.56. The van der Waals surface area contributed by atoms with E-state index in [-0.39, 0.29) is 0 Å². The minimum Gasteiger partial charge on any atom is -0.377 e. The van der Waals surface area contributed by atoms with Gasteiger partial charge in [0, 0.05) is 26.3 Å². The lowest BCUT2D eigenvalue weighted by Gasteiger charge is -2.22. The topological polar surface area (TPSA) is 15.3 Å². The Morgan fingerprint density at radius 1 is 1.29 bits per heavy atom. The van der Waals surface area contributed by atoms with Crippen molar-refractivity contribution < 1.29 is 0 Å². The molecular formula is C15H24N2. The maximum Gasteiger partial charge on any atom is 0.0397 e. The summed E-state index contributed by atoms with van der Waals surface area (Å²) in [6.45, 7) is 6.81. The number of hydrogen-bond donors (Lipinski definition) is 1. The molecule has 0 saturated carbocycles. The van der Waals surface area contributed by atoms with E-state index in [1.807, 2.05) is 0 Å². The second-order valence-electron chi connectivity index (χ2n) is 5.56. The Labute approximate surface area is 105 Å². The van der Waals surface area contributed by atoms with Crippen LogP contribution in [0.1, 0.15) is 43.2 Å². The number of hydrogen-bond acceptors (Lipinski definition) is 2. The van der Waals surface area contributed by atoms with E-state index < -0.39 is 0 Å². The summed E-state index contributed by atoms with van der Waals surface area (Å²) in [5, 5.41) is 3.47. The SMILES string of the molecule is CC(C)c1ccc(N(C)C)c(C2CCNC2)c1. The van der Waals surface area contributed by atoms with Gasteiger partial charge in [0.1, 0.15) is 0 Å². The number of benzene rings is 1. The third kappa shape index (κ3) is 2.63. The molecule has 94 valence electrons. The lowest BCUT2D eigenvalue weighted by atomic mass is 9.91. The highest BCUT2D eigenvalue weighted by atomic mass is 15.1. The Hall–Kier alpha value is -1.02. The summed E-state index contributed by atoms with van der Waals surface area (Å²) in [5.41, 5.74) is 4.35. The molecular weight excluding hydrogens is 208 g/mol. The predicted octanol–water partition coefficient (Wildman–Crippen LogP) is 2.95. The average molecular weight is 232 g/mol. The summed E-state index contributed by atoms with van der Waals surface area (Å²) in [6.07, 6.45) is 1.27. The summed E-state index contributed by atoms with van der Waals surface area (Å²) in [7, 11) is 4.27. The van der Waals surface area contributed by atoms with E-state index >= 15 is 0 Å². The standard InChI is InChI=1S/C15H24N2/c1-11(2)12-5-6-15(17(3)4)14(9-12)13-7-8-16-10-13/h5-6,9,11,13,16H,7-8,10H2,1-4H3. The van der Waals surface area contributed by atoms with Gasteiger partial charge in [0.25, 0.3) is 0 Å². The Kier molecular flexibility index (Phi) is 3.72. The van der Waals surface area contributed by atoms with Gasteiger partial charge in [-0.05, 0) is 42.0 Å². The van der Waals surface area contributed by atoms with Crippen LogP contribution in [0.25, 0.3) is 0 Å². The van der Waals surface area contributed by atoms with Gasteiger partial charge in [-0.25, -0.2) is 0 Å². The Balaban J connectivity index is 2.39. The summed E-state index contributed by atoms with van der Waals surface area (Å²) in [6, 6.07) is 6.96. The molecule has 0 spiro atoms. The van der Waals surface area contributed by atoms with E-state index in [9.17, 15) is 0 Å². The quantitative estimate of drug-likeness (QED) is 0.862. The van der Waals surface area contributed by atoms with Gasteiger partial charge in [-0.1, -0.05) is 26.0 Å². The smallest absolute Gasteiger partial charge is 0.0397 e. The van der Waals surface area contributed by atoms with E-state index in [4.69, 9.17) is 0 Å². The Morgan fingerprint density at radius 3 is 2.59 bits per heavy atom. The van der Waals surface area contributed by atoms with E-state index in [0.717, 1.165) is 13.1 Å². The molecule has 0 aromatic heterocycles. The number of rotatable bonds is 3. The van der Waals surface area contributed by atoms with Gasteiger partial charge in [0.05, 0.1) is 0 Å². The number of nitrogens with zero attached hydrogens (tertiary/aromatic N) is 1. The molecule has 1 N–H and O–H groups in total. The maximum atomic E-state index is 3.47. The lowest BCUT2D eigenvalue weighted by Crippen LogP contribution is -2.15. The van der Waals surface area contributed by atoms with Gasteiger partial charge >= 0.3 is 0 Å². The zero-order chi connectivity index (χ0) is 12.4. The van der Waals surface area contributed by atoms with Gasteiger partial charge in [0.15, 0.2) is 0 Å². The highest BCUT2D eigenvalue weighted by Gasteiger charge is 2.21. The van der Waals surface area contributed by atoms with Gasteiger partial charge < -0.3 is 10.2 Å². The van der Waals surface area contributed by atoms with Crippen molar-refractivity contribution in [3.63, 3.8) is 0 Å². The van der Waals surface area contributed by atoms with Crippen molar-refractivity contribution in [2.75, 3.05) is 32.1 Å². The molecule has 1 heterocycles. The molecule has 1 aliphatic heterocycles. The van der Waals surface area contributed by atoms with Gasteiger partial charge in [-0.3, -0.25) is 0 Å². The fourth-order valence-electron chi connectivity index (χ4n) is 2.59. The first-order valence-electron chi connectivity index (χ1n) is 6.61. The van der Waals surface area contributed by atoms with Crippen LogP contribution in [-0.2, 0) is 0 Å². The fraction of sp³-hybridized carbons (Fsp3) is 0.600. The van der Waals surface area contributed by atoms with Gasteiger partial charge in [-0.15, -0.1) is 0 Å². The highest BCUT2D eigenvalue weighted by molar-refractivity contribution is 5.56. The largest absolute Gasteiger partial charge is 0.377 e. The van der Waals surface area contributed by atoms with Crippen molar-refractivity contribution >= 4 is 5.69 Å². The molecule has 0 amide bonds. The molecule has 1 saturated heterocycles.